The molecule has 1 aromatic heterocycles. The van der Waals surface area contributed by atoms with Gasteiger partial charge in [0.2, 0.25) is 0 Å². The molecule has 1 atom stereocenters. The second-order valence-corrected chi connectivity index (χ2v) is 4.91. The van der Waals surface area contributed by atoms with Crippen LogP contribution in [-0.2, 0) is 0 Å². The molecule has 2 heterocycles. The van der Waals surface area contributed by atoms with Gasteiger partial charge >= 0.3 is 6.09 Å². The van der Waals surface area contributed by atoms with Crippen LogP contribution in [0.3, 0.4) is 0 Å². The molecule has 1 aliphatic rings. The van der Waals surface area contributed by atoms with E-state index >= 15 is 0 Å². The van der Waals surface area contributed by atoms with Gasteiger partial charge < -0.3 is 15.3 Å². The van der Waals surface area contributed by atoms with Crippen molar-refractivity contribution in [2.75, 3.05) is 18.0 Å². The molecule has 1 aliphatic heterocycles. The van der Waals surface area contributed by atoms with Gasteiger partial charge in [0, 0.05) is 25.5 Å². The number of rotatable bonds is 3. The number of hydrogen-bond acceptors (Lipinski definition) is 4. The Bertz CT molecular complexity index is 481. The quantitative estimate of drug-likeness (QED) is 0.826. The fraction of sp³-hybridized carbons (Fsp3) is 0.364. The molecule has 0 aliphatic carbocycles. The van der Waals surface area contributed by atoms with Crippen molar-refractivity contribution in [1.82, 2.24) is 10.3 Å². The normalized spacial score (nSPS) is 18.7. The number of amides is 1. The molecule has 7 heteroatoms. The molecule has 1 fully saturated rings. The van der Waals surface area contributed by atoms with Crippen molar-refractivity contribution in [3.8, 4) is 0 Å². The number of aldehydes is 1. The topological polar surface area (TPSA) is 82.5 Å². The molecular formula is C11H12BrN3O3. The molecule has 1 amide bonds. The largest absolute Gasteiger partial charge is 0.465 e. The van der Waals surface area contributed by atoms with Gasteiger partial charge in [-0.15, -0.1) is 0 Å². The summed E-state index contributed by atoms with van der Waals surface area (Å²) in [5.74, 6) is 0. The van der Waals surface area contributed by atoms with Crippen LogP contribution < -0.4 is 10.2 Å². The van der Waals surface area contributed by atoms with E-state index in [1.54, 1.807) is 6.20 Å². The van der Waals surface area contributed by atoms with E-state index in [4.69, 9.17) is 5.11 Å². The maximum atomic E-state index is 11.0. The second kappa shape index (κ2) is 5.34. The Balaban J connectivity index is 2.19. The number of carboxylic acid groups (broad SMARTS) is 1. The Hall–Kier alpha value is -1.63. The minimum absolute atomic E-state index is 0.109. The van der Waals surface area contributed by atoms with Crippen LogP contribution in [0, 0.1) is 0 Å². The van der Waals surface area contributed by atoms with Crippen molar-refractivity contribution >= 4 is 34.0 Å². The van der Waals surface area contributed by atoms with E-state index < -0.39 is 6.09 Å². The highest BCUT2D eigenvalue weighted by Gasteiger charge is 2.26. The number of nitrogens with one attached hydrogen (secondary N) is 1. The molecule has 18 heavy (non-hydrogen) atoms. The van der Waals surface area contributed by atoms with E-state index in [2.05, 4.69) is 26.2 Å². The van der Waals surface area contributed by atoms with E-state index in [1.165, 1.54) is 6.20 Å². The smallest absolute Gasteiger partial charge is 0.404 e. The molecule has 6 nitrogen and oxygen atoms in total. The van der Waals surface area contributed by atoms with Crippen molar-refractivity contribution in [2.45, 2.75) is 12.5 Å². The number of aromatic nitrogens is 1. The van der Waals surface area contributed by atoms with Gasteiger partial charge in [-0.2, -0.15) is 0 Å². The standard InChI is InChI=1S/C11H12BrN3O3/c12-9-4-13-3-7(6-16)10(9)15-2-1-8(5-15)14-11(17)18/h3-4,6,8,14H,1-2,5H2,(H,17,18)/t8-/m0/s1. The Labute approximate surface area is 112 Å². The van der Waals surface area contributed by atoms with E-state index in [9.17, 15) is 9.59 Å². The molecule has 0 bridgehead atoms. The Morgan fingerprint density at radius 1 is 1.61 bits per heavy atom. The highest BCUT2D eigenvalue weighted by atomic mass is 79.9. The average Bonchev–Trinajstić information content (AvgIpc) is 2.75. The first-order valence-corrected chi connectivity index (χ1v) is 6.24. The molecule has 1 saturated heterocycles. The van der Waals surface area contributed by atoms with Crippen LogP contribution in [0.5, 0.6) is 0 Å². The SMILES string of the molecule is O=Cc1cncc(Br)c1N1CC[C@H](NC(=O)O)C1. The van der Waals surface area contributed by atoms with Gasteiger partial charge in [0.05, 0.1) is 21.8 Å². The summed E-state index contributed by atoms with van der Waals surface area (Å²) in [6, 6.07) is -0.109. The summed E-state index contributed by atoms with van der Waals surface area (Å²) >= 11 is 3.37. The van der Waals surface area contributed by atoms with Crippen molar-refractivity contribution in [3.63, 3.8) is 0 Å². The molecule has 0 unspecified atom stereocenters. The van der Waals surface area contributed by atoms with Crippen molar-refractivity contribution in [3.05, 3.63) is 22.4 Å². The number of carbonyl (C=O) groups excluding carboxylic acids is 1. The highest BCUT2D eigenvalue weighted by Crippen LogP contribution is 2.31. The second-order valence-electron chi connectivity index (χ2n) is 4.06. The summed E-state index contributed by atoms with van der Waals surface area (Å²) in [6.07, 6.45) is 3.58. The molecule has 0 radical (unpaired) electrons. The van der Waals surface area contributed by atoms with Gasteiger partial charge in [-0.1, -0.05) is 0 Å². The summed E-state index contributed by atoms with van der Waals surface area (Å²) < 4.78 is 0.739. The van der Waals surface area contributed by atoms with Gasteiger partial charge in [-0.05, 0) is 22.4 Å². The summed E-state index contributed by atoms with van der Waals surface area (Å²) in [5, 5.41) is 11.1. The van der Waals surface area contributed by atoms with E-state index in [-0.39, 0.29) is 6.04 Å². The molecule has 0 aromatic carbocycles. The number of pyridine rings is 1. The minimum atomic E-state index is -1.02. The van der Waals surface area contributed by atoms with E-state index in [1.807, 2.05) is 4.90 Å². The van der Waals surface area contributed by atoms with E-state index in [0.29, 0.717) is 18.7 Å². The van der Waals surface area contributed by atoms with Crippen LogP contribution in [0.15, 0.2) is 16.9 Å². The highest BCUT2D eigenvalue weighted by molar-refractivity contribution is 9.10. The molecular weight excluding hydrogens is 302 g/mol. The Kier molecular flexibility index (Phi) is 3.81. The van der Waals surface area contributed by atoms with Gasteiger partial charge in [-0.3, -0.25) is 9.78 Å². The Morgan fingerprint density at radius 3 is 3.06 bits per heavy atom. The Morgan fingerprint density at radius 2 is 2.39 bits per heavy atom. The summed E-state index contributed by atoms with van der Waals surface area (Å²) in [5.41, 5.74) is 1.27. The number of carbonyl (C=O) groups is 2. The van der Waals surface area contributed by atoms with Crippen LogP contribution in [0.25, 0.3) is 0 Å². The van der Waals surface area contributed by atoms with E-state index in [0.717, 1.165) is 22.9 Å². The molecule has 96 valence electrons. The average molecular weight is 314 g/mol. The molecule has 0 spiro atoms. The number of hydrogen-bond donors (Lipinski definition) is 2. The predicted octanol–water partition coefficient (Wildman–Crippen LogP) is 1.50. The maximum absolute atomic E-state index is 11.0. The van der Waals surface area contributed by atoms with Gasteiger partial charge in [0.1, 0.15) is 0 Å². The third-order valence-corrected chi connectivity index (χ3v) is 3.44. The zero-order valence-corrected chi connectivity index (χ0v) is 11.1. The van der Waals surface area contributed by atoms with Gasteiger partial charge in [0.15, 0.2) is 6.29 Å². The fourth-order valence-corrected chi connectivity index (χ4v) is 2.72. The lowest BCUT2D eigenvalue weighted by molar-refractivity contribution is 0.112. The third-order valence-electron chi connectivity index (χ3n) is 2.86. The van der Waals surface area contributed by atoms with Crippen LogP contribution in [0.4, 0.5) is 10.5 Å². The maximum Gasteiger partial charge on any atom is 0.404 e. The molecule has 2 rings (SSSR count). The van der Waals surface area contributed by atoms with Crippen LogP contribution in [0.1, 0.15) is 16.8 Å². The number of nitrogens with zero attached hydrogens (tertiary/aromatic N) is 2. The van der Waals surface area contributed by atoms with Crippen molar-refractivity contribution in [2.24, 2.45) is 0 Å². The predicted molar refractivity (Wildman–Crippen MR) is 69.1 cm³/mol. The van der Waals surface area contributed by atoms with Crippen LogP contribution in [-0.4, -0.2) is 41.6 Å². The zero-order chi connectivity index (χ0) is 13.1. The number of anilines is 1. The lowest BCUT2D eigenvalue weighted by Gasteiger charge is -2.21. The lowest BCUT2D eigenvalue weighted by atomic mass is 10.2. The summed E-state index contributed by atoms with van der Waals surface area (Å²) in [7, 11) is 0. The summed E-state index contributed by atoms with van der Waals surface area (Å²) in [4.78, 5) is 27.5. The first-order valence-electron chi connectivity index (χ1n) is 5.45. The molecule has 0 saturated carbocycles. The minimum Gasteiger partial charge on any atom is -0.465 e. The fourth-order valence-electron chi connectivity index (χ4n) is 2.12. The molecule has 2 N–H and O–H groups in total. The first kappa shape index (κ1) is 12.8. The van der Waals surface area contributed by atoms with Crippen LogP contribution >= 0.6 is 15.9 Å². The first-order chi connectivity index (χ1) is 8.61. The van der Waals surface area contributed by atoms with Gasteiger partial charge in [0.25, 0.3) is 0 Å². The van der Waals surface area contributed by atoms with Crippen LogP contribution in [0.2, 0.25) is 0 Å². The van der Waals surface area contributed by atoms with Crippen molar-refractivity contribution in [1.29, 1.82) is 0 Å². The molecule has 1 aromatic rings. The monoisotopic (exact) mass is 313 g/mol. The van der Waals surface area contributed by atoms with Crippen molar-refractivity contribution < 1.29 is 14.7 Å². The third kappa shape index (κ3) is 2.61. The summed E-state index contributed by atoms with van der Waals surface area (Å²) in [6.45, 7) is 1.25. The lowest BCUT2D eigenvalue weighted by Crippen LogP contribution is -2.36. The number of halogens is 1. The zero-order valence-electron chi connectivity index (χ0n) is 9.47. The van der Waals surface area contributed by atoms with Gasteiger partial charge in [-0.25, -0.2) is 4.79 Å².